The van der Waals surface area contributed by atoms with Crippen LogP contribution in [0.1, 0.15) is 48.6 Å². The smallest absolute Gasteiger partial charge is 0.0774 e. The lowest BCUT2D eigenvalue weighted by molar-refractivity contribution is 0.133. The predicted molar refractivity (Wildman–Crippen MR) is 113 cm³/mol. The second-order valence-electron chi connectivity index (χ2n) is 7.17. The largest absolute Gasteiger partial charge is 0.392 e. The Morgan fingerprint density at radius 1 is 0.926 bits per heavy atom. The third kappa shape index (κ3) is 6.65. The molecule has 0 aliphatic carbocycles. The van der Waals surface area contributed by atoms with E-state index in [-0.39, 0.29) is 13.2 Å². The highest BCUT2D eigenvalue weighted by molar-refractivity contribution is 5.73. The lowest BCUT2D eigenvalue weighted by Crippen LogP contribution is -2.13. The summed E-state index contributed by atoms with van der Waals surface area (Å²) in [6.07, 6.45) is 9.64. The minimum Gasteiger partial charge on any atom is -0.392 e. The second kappa shape index (κ2) is 9.47. The van der Waals surface area contributed by atoms with Gasteiger partial charge in [0.1, 0.15) is 0 Å². The zero-order valence-electron chi connectivity index (χ0n) is 16.2. The molecular weight excluding hydrogens is 336 g/mol. The molecule has 3 N–H and O–H groups in total. The van der Waals surface area contributed by atoms with Crippen LogP contribution in [0.2, 0.25) is 0 Å². The van der Waals surface area contributed by atoms with E-state index in [0.717, 1.165) is 33.4 Å². The van der Waals surface area contributed by atoms with Crippen LogP contribution < -0.4 is 0 Å². The Balaban J connectivity index is 2.19. The summed E-state index contributed by atoms with van der Waals surface area (Å²) in [4.78, 5) is 0. The van der Waals surface area contributed by atoms with Crippen LogP contribution in [-0.4, -0.2) is 20.9 Å². The molecule has 0 spiro atoms. The highest BCUT2D eigenvalue weighted by Gasteiger charge is 2.05. The molecule has 0 heterocycles. The fraction of sp³-hybridized carbons (Fsp3) is 0.250. The number of allylic oxidation sites excluding steroid dienone is 3. The molecule has 0 fully saturated rings. The van der Waals surface area contributed by atoms with Gasteiger partial charge in [0, 0.05) is 0 Å². The Hall–Kier alpha value is -2.46. The van der Waals surface area contributed by atoms with Gasteiger partial charge in [0.15, 0.2) is 0 Å². The van der Waals surface area contributed by atoms with Crippen molar-refractivity contribution in [3.63, 3.8) is 0 Å². The molecule has 0 radical (unpaired) electrons. The number of aliphatic hydroxyl groups is 3. The summed E-state index contributed by atoms with van der Waals surface area (Å²) in [5, 5.41) is 28.4. The van der Waals surface area contributed by atoms with Crippen molar-refractivity contribution in [2.75, 3.05) is 0 Å². The van der Waals surface area contributed by atoms with Crippen molar-refractivity contribution < 1.29 is 15.3 Å². The molecular formula is C24H28O3. The molecule has 0 unspecified atom stereocenters. The van der Waals surface area contributed by atoms with Crippen LogP contribution in [0.4, 0.5) is 0 Å². The van der Waals surface area contributed by atoms with Gasteiger partial charge >= 0.3 is 0 Å². The number of aliphatic hydroxyl groups excluding tert-OH is 2. The first-order valence-electron chi connectivity index (χ1n) is 9.03. The van der Waals surface area contributed by atoms with Gasteiger partial charge in [-0.2, -0.15) is 0 Å². The standard InChI is InChI=1S/C24H28O3/c1-18(6-5-13-24(2,3)27)21-8-4-7-19(14-21)9-10-20-11-12-22(16-25)23(15-20)17-26/h4-15,25-27H,16-17H2,1-3H3/b10-9+,13-5+,18-6+. The first-order valence-corrected chi connectivity index (χ1v) is 9.03. The van der Waals surface area contributed by atoms with Crippen molar-refractivity contribution in [2.24, 2.45) is 0 Å². The van der Waals surface area contributed by atoms with Gasteiger partial charge in [0.2, 0.25) is 0 Å². The molecule has 0 atom stereocenters. The maximum Gasteiger partial charge on any atom is 0.0774 e. The molecule has 0 saturated heterocycles. The summed E-state index contributed by atoms with van der Waals surface area (Å²) in [6.45, 7) is 5.37. The zero-order valence-corrected chi connectivity index (χ0v) is 16.2. The van der Waals surface area contributed by atoms with E-state index in [9.17, 15) is 15.3 Å². The van der Waals surface area contributed by atoms with E-state index in [2.05, 4.69) is 12.1 Å². The maximum atomic E-state index is 9.74. The summed E-state index contributed by atoms with van der Waals surface area (Å²) in [7, 11) is 0. The molecule has 0 amide bonds. The van der Waals surface area contributed by atoms with Crippen molar-refractivity contribution in [3.8, 4) is 0 Å². The van der Waals surface area contributed by atoms with E-state index in [4.69, 9.17) is 0 Å². The van der Waals surface area contributed by atoms with Crippen LogP contribution in [0.15, 0.2) is 60.7 Å². The van der Waals surface area contributed by atoms with E-state index in [1.54, 1.807) is 19.9 Å². The summed E-state index contributed by atoms with van der Waals surface area (Å²) in [5.41, 5.74) is 4.94. The molecule has 0 aromatic heterocycles. The van der Waals surface area contributed by atoms with Crippen molar-refractivity contribution in [1.82, 2.24) is 0 Å². The van der Waals surface area contributed by atoms with Crippen molar-refractivity contribution in [2.45, 2.75) is 39.6 Å². The van der Waals surface area contributed by atoms with E-state index < -0.39 is 5.60 Å². The van der Waals surface area contributed by atoms with E-state index in [1.165, 1.54) is 0 Å². The molecule has 3 heteroatoms. The average molecular weight is 364 g/mol. The minimum atomic E-state index is -0.819. The Kier molecular flexibility index (Phi) is 7.31. The number of hydrogen-bond acceptors (Lipinski definition) is 3. The van der Waals surface area contributed by atoms with Gasteiger partial charge in [0.25, 0.3) is 0 Å². The van der Waals surface area contributed by atoms with Gasteiger partial charge in [-0.1, -0.05) is 60.7 Å². The van der Waals surface area contributed by atoms with Gasteiger partial charge in [0.05, 0.1) is 18.8 Å². The lowest BCUT2D eigenvalue weighted by atomic mass is 10.0. The quantitative estimate of drug-likeness (QED) is 0.498. The average Bonchev–Trinajstić information content (AvgIpc) is 2.65. The number of benzene rings is 2. The highest BCUT2D eigenvalue weighted by atomic mass is 16.3. The zero-order chi connectivity index (χ0) is 19.9. The first kappa shape index (κ1) is 20.8. The van der Waals surface area contributed by atoms with Gasteiger partial charge in [-0.3, -0.25) is 0 Å². The number of hydrogen-bond donors (Lipinski definition) is 3. The predicted octanol–water partition coefficient (Wildman–Crippen LogP) is 4.57. The molecule has 2 aromatic rings. The molecule has 3 nitrogen and oxygen atoms in total. The minimum absolute atomic E-state index is 0.0740. The molecule has 142 valence electrons. The highest BCUT2D eigenvalue weighted by Crippen LogP contribution is 2.19. The van der Waals surface area contributed by atoms with Gasteiger partial charge < -0.3 is 15.3 Å². The number of rotatable bonds is 7. The third-order valence-corrected chi connectivity index (χ3v) is 4.23. The molecule has 27 heavy (non-hydrogen) atoms. The SMILES string of the molecule is C/C(=C\C=C\C(C)(C)O)c1cccc(/C=C/c2ccc(CO)c(CO)c2)c1. The van der Waals surface area contributed by atoms with E-state index in [0.29, 0.717) is 0 Å². The summed E-state index contributed by atoms with van der Waals surface area (Å²) in [6, 6.07) is 13.9. The van der Waals surface area contributed by atoms with Crippen molar-refractivity contribution in [1.29, 1.82) is 0 Å². The van der Waals surface area contributed by atoms with E-state index >= 15 is 0 Å². The fourth-order valence-electron chi connectivity index (χ4n) is 2.66. The monoisotopic (exact) mass is 364 g/mol. The Labute approximate surface area is 161 Å². The van der Waals surface area contributed by atoms with Crippen molar-refractivity contribution >= 4 is 17.7 Å². The Bertz CT molecular complexity index is 852. The third-order valence-electron chi connectivity index (χ3n) is 4.23. The Morgan fingerprint density at radius 3 is 2.22 bits per heavy atom. The lowest BCUT2D eigenvalue weighted by Gasteiger charge is -2.09. The van der Waals surface area contributed by atoms with Gasteiger partial charge in [-0.25, -0.2) is 0 Å². The van der Waals surface area contributed by atoms with Crippen LogP contribution in [-0.2, 0) is 13.2 Å². The summed E-state index contributed by atoms with van der Waals surface area (Å²) in [5.74, 6) is 0. The van der Waals surface area contributed by atoms with Crippen LogP contribution in [0.5, 0.6) is 0 Å². The van der Waals surface area contributed by atoms with Crippen LogP contribution in [0, 0.1) is 0 Å². The fourth-order valence-corrected chi connectivity index (χ4v) is 2.66. The normalized spacial score (nSPS) is 13.0. The maximum absolute atomic E-state index is 9.74. The van der Waals surface area contributed by atoms with Crippen LogP contribution >= 0.6 is 0 Å². The van der Waals surface area contributed by atoms with Crippen LogP contribution in [0.25, 0.3) is 17.7 Å². The molecule has 2 aromatic carbocycles. The molecule has 0 saturated carbocycles. The molecule has 0 aliphatic rings. The molecule has 0 bridgehead atoms. The van der Waals surface area contributed by atoms with Gasteiger partial charge in [-0.15, -0.1) is 0 Å². The van der Waals surface area contributed by atoms with Crippen molar-refractivity contribution in [3.05, 3.63) is 88.5 Å². The van der Waals surface area contributed by atoms with Crippen LogP contribution in [0.3, 0.4) is 0 Å². The summed E-state index contributed by atoms with van der Waals surface area (Å²) < 4.78 is 0. The second-order valence-corrected chi connectivity index (χ2v) is 7.17. The van der Waals surface area contributed by atoms with Gasteiger partial charge in [-0.05, 0) is 66.3 Å². The van der Waals surface area contributed by atoms with E-state index in [1.807, 2.05) is 61.6 Å². The first-order chi connectivity index (χ1) is 12.8. The molecule has 0 aliphatic heterocycles. The topological polar surface area (TPSA) is 60.7 Å². The summed E-state index contributed by atoms with van der Waals surface area (Å²) >= 11 is 0. The molecule has 2 rings (SSSR count). The Morgan fingerprint density at radius 2 is 1.59 bits per heavy atom.